The Morgan fingerprint density at radius 3 is 2.38 bits per heavy atom. The molecule has 128 valence electrons. The van der Waals surface area contributed by atoms with E-state index in [1.165, 1.54) is 0 Å². The number of benzene rings is 2. The van der Waals surface area contributed by atoms with Crippen LogP contribution in [-0.4, -0.2) is 32.4 Å². The lowest BCUT2D eigenvalue weighted by molar-refractivity contribution is -0.138. The van der Waals surface area contributed by atoms with Gasteiger partial charge in [0.25, 0.3) is 0 Å². The normalized spacial score (nSPS) is 11.7. The Hall–Kier alpha value is -2.69. The van der Waals surface area contributed by atoms with Crippen LogP contribution in [0.4, 0.5) is 0 Å². The highest BCUT2D eigenvalue weighted by Crippen LogP contribution is 2.35. The zero-order valence-corrected chi connectivity index (χ0v) is 14.3. The van der Waals surface area contributed by atoms with Gasteiger partial charge in [-0.05, 0) is 48.2 Å². The van der Waals surface area contributed by atoms with E-state index >= 15 is 0 Å². The molecular weight excluding hydrogens is 308 g/mol. The molecule has 0 heterocycles. The van der Waals surface area contributed by atoms with Crippen molar-refractivity contribution in [2.45, 2.75) is 19.3 Å². The van der Waals surface area contributed by atoms with Crippen LogP contribution in [-0.2, 0) is 11.2 Å². The topological polar surface area (TPSA) is 65.0 Å². The van der Waals surface area contributed by atoms with Crippen molar-refractivity contribution in [1.29, 1.82) is 0 Å². The quantitative estimate of drug-likeness (QED) is 0.842. The molecule has 0 spiro atoms. The van der Waals surface area contributed by atoms with Gasteiger partial charge in [0.1, 0.15) is 5.75 Å². The van der Waals surface area contributed by atoms with E-state index in [4.69, 9.17) is 14.2 Å². The second-order valence-corrected chi connectivity index (χ2v) is 5.47. The van der Waals surface area contributed by atoms with Gasteiger partial charge in [0.15, 0.2) is 11.5 Å². The van der Waals surface area contributed by atoms with Crippen molar-refractivity contribution in [1.82, 2.24) is 0 Å². The Bertz CT molecular complexity index is 724. The third kappa shape index (κ3) is 3.62. The lowest BCUT2D eigenvalue weighted by atomic mass is 9.88. The van der Waals surface area contributed by atoms with E-state index in [1.54, 1.807) is 39.5 Å². The maximum absolute atomic E-state index is 11.9. The van der Waals surface area contributed by atoms with Gasteiger partial charge in [-0.25, -0.2) is 0 Å². The molecule has 0 aromatic heterocycles. The molecule has 24 heavy (non-hydrogen) atoms. The van der Waals surface area contributed by atoms with Crippen LogP contribution in [0.15, 0.2) is 36.4 Å². The fraction of sp³-hybridized carbons (Fsp3) is 0.316. The van der Waals surface area contributed by atoms with Crippen LogP contribution in [0, 0.1) is 6.92 Å². The standard InChI is InChI=1S/C19H22O5/c1-12-10-14(22-2)8-9-15(12)16(19(20)21)11-13-6-5-7-17(23-3)18(13)24-4/h5-10,16H,11H2,1-4H3,(H,20,21). The fourth-order valence-corrected chi connectivity index (χ4v) is 2.83. The first-order chi connectivity index (χ1) is 11.5. The number of hydrogen-bond donors (Lipinski definition) is 1. The smallest absolute Gasteiger partial charge is 0.311 e. The van der Waals surface area contributed by atoms with Crippen LogP contribution in [0.5, 0.6) is 17.2 Å². The first-order valence-corrected chi connectivity index (χ1v) is 7.59. The molecule has 0 fully saturated rings. The minimum absolute atomic E-state index is 0.308. The summed E-state index contributed by atoms with van der Waals surface area (Å²) in [4.78, 5) is 11.9. The second kappa shape index (κ2) is 7.73. The Balaban J connectivity index is 2.42. The number of aliphatic carboxylic acids is 1. The fourth-order valence-electron chi connectivity index (χ4n) is 2.83. The van der Waals surface area contributed by atoms with Gasteiger partial charge in [-0.15, -0.1) is 0 Å². The van der Waals surface area contributed by atoms with Crippen molar-refractivity contribution >= 4 is 5.97 Å². The maximum atomic E-state index is 11.9. The van der Waals surface area contributed by atoms with Crippen molar-refractivity contribution in [2.75, 3.05) is 21.3 Å². The maximum Gasteiger partial charge on any atom is 0.311 e. The zero-order valence-electron chi connectivity index (χ0n) is 14.3. The number of ether oxygens (including phenoxy) is 3. The van der Waals surface area contributed by atoms with Crippen LogP contribution < -0.4 is 14.2 Å². The first-order valence-electron chi connectivity index (χ1n) is 7.59. The predicted octanol–water partition coefficient (Wildman–Crippen LogP) is 3.43. The summed E-state index contributed by atoms with van der Waals surface area (Å²) < 4.78 is 15.9. The van der Waals surface area contributed by atoms with Crippen molar-refractivity contribution in [2.24, 2.45) is 0 Å². The highest BCUT2D eigenvalue weighted by atomic mass is 16.5. The molecule has 1 N–H and O–H groups in total. The summed E-state index contributed by atoms with van der Waals surface area (Å²) in [7, 11) is 4.70. The van der Waals surface area contributed by atoms with Gasteiger partial charge >= 0.3 is 5.97 Å². The van der Waals surface area contributed by atoms with Crippen LogP contribution in [0.3, 0.4) is 0 Å². The SMILES string of the molecule is COc1ccc(C(Cc2cccc(OC)c2OC)C(=O)O)c(C)c1. The van der Waals surface area contributed by atoms with Crippen LogP contribution in [0.25, 0.3) is 0 Å². The van der Waals surface area contributed by atoms with Crippen LogP contribution in [0.1, 0.15) is 22.6 Å². The van der Waals surface area contributed by atoms with E-state index < -0.39 is 11.9 Å². The van der Waals surface area contributed by atoms with Crippen LogP contribution >= 0.6 is 0 Å². The molecule has 0 aliphatic rings. The van der Waals surface area contributed by atoms with E-state index in [-0.39, 0.29) is 0 Å². The van der Waals surface area contributed by atoms with Crippen LogP contribution in [0.2, 0.25) is 0 Å². The molecule has 0 aliphatic heterocycles. The Morgan fingerprint density at radius 2 is 1.83 bits per heavy atom. The number of aryl methyl sites for hydroxylation is 1. The molecule has 1 atom stereocenters. The zero-order chi connectivity index (χ0) is 17.7. The summed E-state index contributed by atoms with van der Waals surface area (Å²) >= 11 is 0. The highest BCUT2D eigenvalue weighted by molar-refractivity contribution is 5.77. The molecule has 1 unspecified atom stereocenters. The monoisotopic (exact) mass is 330 g/mol. The number of carboxylic acids is 1. The molecule has 5 heteroatoms. The van der Waals surface area contributed by atoms with E-state index in [0.717, 1.165) is 16.7 Å². The Kier molecular flexibility index (Phi) is 5.68. The number of para-hydroxylation sites is 1. The van der Waals surface area contributed by atoms with Gasteiger partial charge in [0.2, 0.25) is 0 Å². The average Bonchev–Trinajstić information content (AvgIpc) is 2.59. The predicted molar refractivity (Wildman–Crippen MR) is 91.4 cm³/mol. The molecular formula is C19H22O5. The number of carbonyl (C=O) groups is 1. The molecule has 0 aliphatic carbocycles. The van der Waals surface area contributed by atoms with Crippen molar-refractivity contribution in [3.05, 3.63) is 53.1 Å². The molecule has 2 aromatic carbocycles. The second-order valence-electron chi connectivity index (χ2n) is 5.47. The Labute approximate surface area is 141 Å². The molecule has 0 saturated carbocycles. The minimum atomic E-state index is -0.881. The summed E-state index contributed by atoms with van der Waals surface area (Å²) in [6.45, 7) is 1.89. The van der Waals surface area contributed by atoms with Gasteiger partial charge < -0.3 is 19.3 Å². The lowest BCUT2D eigenvalue weighted by Gasteiger charge is -2.19. The summed E-state index contributed by atoms with van der Waals surface area (Å²) in [5.74, 6) is 0.299. The van der Waals surface area contributed by atoms with Crippen molar-refractivity contribution < 1.29 is 24.1 Å². The molecule has 0 amide bonds. The molecule has 0 saturated heterocycles. The van der Waals surface area contributed by atoms with Gasteiger partial charge in [0, 0.05) is 0 Å². The summed E-state index contributed by atoms with van der Waals surface area (Å²) in [5, 5.41) is 9.73. The highest BCUT2D eigenvalue weighted by Gasteiger charge is 2.24. The number of hydrogen-bond acceptors (Lipinski definition) is 4. The minimum Gasteiger partial charge on any atom is -0.497 e. The number of rotatable bonds is 7. The summed E-state index contributed by atoms with van der Waals surface area (Å²) in [6, 6.07) is 10.9. The third-order valence-corrected chi connectivity index (χ3v) is 4.06. The molecule has 2 rings (SSSR count). The summed E-state index contributed by atoms with van der Waals surface area (Å²) in [5.41, 5.74) is 2.43. The van der Waals surface area contributed by atoms with E-state index in [0.29, 0.717) is 23.7 Å². The first kappa shape index (κ1) is 17.7. The molecule has 2 aromatic rings. The molecule has 0 radical (unpaired) electrons. The van der Waals surface area contributed by atoms with Gasteiger partial charge in [-0.2, -0.15) is 0 Å². The van der Waals surface area contributed by atoms with E-state index in [2.05, 4.69) is 0 Å². The lowest BCUT2D eigenvalue weighted by Crippen LogP contribution is -2.16. The molecule has 0 bridgehead atoms. The summed E-state index contributed by atoms with van der Waals surface area (Å²) in [6.07, 6.45) is 0.308. The molecule has 5 nitrogen and oxygen atoms in total. The van der Waals surface area contributed by atoms with Crippen molar-refractivity contribution in [3.63, 3.8) is 0 Å². The van der Waals surface area contributed by atoms with Gasteiger partial charge in [-0.3, -0.25) is 4.79 Å². The third-order valence-electron chi connectivity index (χ3n) is 4.06. The van der Waals surface area contributed by atoms with Gasteiger partial charge in [-0.1, -0.05) is 18.2 Å². The van der Waals surface area contributed by atoms with E-state index in [1.807, 2.05) is 25.1 Å². The average molecular weight is 330 g/mol. The van der Waals surface area contributed by atoms with Gasteiger partial charge in [0.05, 0.1) is 27.2 Å². The number of carboxylic acid groups (broad SMARTS) is 1. The van der Waals surface area contributed by atoms with Crippen molar-refractivity contribution in [3.8, 4) is 17.2 Å². The Morgan fingerprint density at radius 1 is 1.08 bits per heavy atom. The van der Waals surface area contributed by atoms with E-state index in [9.17, 15) is 9.90 Å². The largest absolute Gasteiger partial charge is 0.497 e. The number of methoxy groups -OCH3 is 3.